The minimum atomic E-state index is -1.22. The van der Waals surface area contributed by atoms with E-state index in [1.165, 1.54) is 37.3 Å². The van der Waals surface area contributed by atoms with Crippen molar-refractivity contribution in [2.75, 3.05) is 17.7 Å². The van der Waals surface area contributed by atoms with Crippen molar-refractivity contribution in [3.05, 3.63) is 54.4 Å². The van der Waals surface area contributed by atoms with Gasteiger partial charge in [0, 0.05) is 0 Å². The molecule has 176 valence electrons. The number of nitrogens with two attached hydrogens (primary N) is 1. The molecule has 12 heteroatoms. The first-order valence-corrected chi connectivity index (χ1v) is 10.0. The van der Waals surface area contributed by atoms with Gasteiger partial charge >= 0.3 is 5.97 Å². The normalized spacial score (nSPS) is 11.2. The molecule has 3 aromatic heterocycles. The second-order valence-electron chi connectivity index (χ2n) is 7.87. The number of nitrogen functional groups attached to an aromatic ring is 1. The van der Waals surface area contributed by atoms with Crippen LogP contribution in [0, 0.1) is 0 Å². The van der Waals surface area contributed by atoms with Crippen LogP contribution in [0.4, 0.5) is 17.3 Å². The van der Waals surface area contributed by atoms with Crippen LogP contribution in [-0.2, 0) is 15.9 Å². The van der Waals surface area contributed by atoms with Gasteiger partial charge in [-0.25, -0.2) is 29.7 Å². The number of anilines is 3. The lowest BCUT2D eigenvalue weighted by atomic mass is 10.1. The van der Waals surface area contributed by atoms with Crippen molar-refractivity contribution in [2.24, 2.45) is 0 Å². The molecule has 0 bridgehead atoms. The van der Waals surface area contributed by atoms with Crippen molar-refractivity contribution < 1.29 is 19.7 Å². The summed E-state index contributed by atoms with van der Waals surface area (Å²) in [6.07, 6.45) is 8.75. The molecule has 0 saturated carbocycles. The Morgan fingerprint density at radius 3 is 2.09 bits per heavy atom. The van der Waals surface area contributed by atoms with Gasteiger partial charge in [-0.2, -0.15) is 0 Å². The Balaban J connectivity index is 0.000000294. The first-order valence-electron chi connectivity index (χ1n) is 10.0. The maximum atomic E-state index is 12.1. The molecule has 0 spiro atoms. The molecule has 0 fully saturated rings. The molecule has 12 nitrogen and oxygen atoms in total. The maximum absolute atomic E-state index is 12.1. The largest absolute Gasteiger partial charge is 0.461 e. The highest BCUT2D eigenvalue weighted by Crippen LogP contribution is 2.22. The molecule has 3 rings (SSSR count). The average molecular weight is 457 g/mol. The Labute approximate surface area is 191 Å². The predicted molar refractivity (Wildman–Crippen MR) is 120 cm³/mol. The van der Waals surface area contributed by atoms with Crippen molar-refractivity contribution in [2.45, 2.75) is 45.8 Å². The van der Waals surface area contributed by atoms with Crippen LogP contribution in [0.1, 0.15) is 56.5 Å². The van der Waals surface area contributed by atoms with Gasteiger partial charge in [-0.05, 0) is 34.6 Å². The molecule has 0 saturated heterocycles. The topological polar surface area (TPSA) is 182 Å². The third-order valence-corrected chi connectivity index (χ3v) is 3.99. The second-order valence-corrected chi connectivity index (χ2v) is 7.87. The summed E-state index contributed by atoms with van der Waals surface area (Å²) in [5.74, 6) is -0.0558. The first kappa shape index (κ1) is 25.5. The number of carbonyl (C=O) groups excluding carboxylic acids is 1. The number of nitrogens with one attached hydrogen (secondary N) is 1. The standard InChI is InChI=1S/C14H17N5O3.C7H11N3O/c1-4-22-13(20)11-12(18-9-5-15-8-16-6-9)17-7-10(19-11)14(2,3)21;1-7(2,11)5-3-10-6(8)4-9-5/h5-8,21H,4H2,1-3H3,(H,17,18);3-4,11H,1-2H3,(H2,8,10). The van der Waals surface area contributed by atoms with Crippen LogP contribution in [0.5, 0.6) is 0 Å². The lowest BCUT2D eigenvalue weighted by molar-refractivity contribution is 0.0513. The molecule has 0 unspecified atom stereocenters. The molecule has 0 aliphatic rings. The molecule has 0 radical (unpaired) electrons. The highest BCUT2D eigenvalue weighted by atomic mass is 16.5. The fourth-order valence-corrected chi connectivity index (χ4v) is 2.27. The van der Waals surface area contributed by atoms with Crippen LogP contribution < -0.4 is 11.1 Å². The van der Waals surface area contributed by atoms with Crippen molar-refractivity contribution in [1.29, 1.82) is 0 Å². The van der Waals surface area contributed by atoms with E-state index in [0.717, 1.165) is 0 Å². The summed E-state index contributed by atoms with van der Waals surface area (Å²) in [5, 5.41) is 22.4. The van der Waals surface area contributed by atoms with E-state index >= 15 is 0 Å². The fourth-order valence-electron chi connectivity index (χ4n) is 2.27. The summed E-state index contributed by atoms with van der Waals surface area (Å²) in [6.45, 7) is 8.32. The minimum absolute atomic E-state index is 0.00896. The molecule has 0 atom stereocenters. The summed E-state index contributed by atoms with van der Waals surface area (Å²) >= 11 is 0. The van der Waals surface area contributed by atoms with Gasteiger partial charge in [0.25, 0.3) is 0 Å². The number of hydrogen-bond acceptors (Lipinski definition) is 12. The lowest BCUT2D eigenvalue weighted by Crippen LogP contribution is -2.21. The van der Waals surface area contributed by atoms with Crippen LogP contribution in [0.3, 0.4) is 0 Å². The third-order valence-electron chi connectivity index (χ3n) is 3.99. The summed E-state index contributed by atoms with van der Waals surface area (Å²) in [6, 6.07) is 0. The quantitative estimate of drug-likeness (QED) is 0.394. The Morgan fingerprint density at radius 2 is 1.58 bits per heavy atom. The molecular formula is C21H28N8O4. The highest BCUT2D eigenvalue weighted by molar-refractivity contribution is 5.93. The van der Waals surface area contributed by atoms with Gasteiger partial charge in [0.1, 0.15) is 23.3 Å². The SMILES string of the molecule is CC(C)(O)c1cnc(N)cn1.CCOC(=O)c1nc(C(C)(C)O)cnc1Nc1cncnc1. The number of aromatic nitrogens is 6. The zero-order valence-electron chi connectivity index (χ0n) is 19.1. The fraction of sp³-hybridized carbons (Fsp3) is 0.381. The summed E-state index contributed by atoms with van der Waals surface area (Å²) in [4.78, 5) is 35.8. The molecule has 3 heterocycles. The van der Waals surface area contributed by atoms with Crippen molar-refractivity contribution in [1.82, 2.24) is 29.9 Å². The van der Waals surface area contributed by atoms with Gasteiger partial charge in [0.15, 0.2) is 11.5 Å². The summed E-state index contributed by atoms with van der Waals surface area (Å²) < 4.78 is 4.98. The Kier molecular flexibility index (Phi) is 8.26. The summed E-state index contributed by atoms with van der Waals surface area (Å²) in [7, 11) is 0. The Morgan fingerprint density at radius 1 is 0.970 bits per heavy atom. The monoisotopic (exact) mass is 456 g/mol. The molecule has 0 aromatic carbocycles. The van der Waals surface area contributed by atoms with Gasteiger partial charge < -0.3 is 26.0 Å². The van der Waals surface area contributed by atoms with E-state index in [1.54, 1.807) is 34.6 Å². The highest BCUT2D eigenvalue weighted by Gasteiger charge is 2.24. The molecule has 5 N–H and O–H groups in total. The lowest BCUT2D eigenvalue weighted by Gasteiger charge is -2.18. The van der Waals surface area contributed by atoms with Gasteiger partial charge in [0.2, 0.25) is 0 Å². The van der Waals surface area contributed by atoms with Gasteiger partial charge in [-0.15, -0.1) is 0 Å². The molecule has 0 amide bonds. The van der Waals surface area contributed by atoms with Crippen molar-refractivity contribution in [3.63, 3.8) is 0 Å². The van der Waals surface area contributed by atoms with Crippen LogP contribution in [0.25, 0.3) is 0 Å². The number of rotatable bonds is 6. The predicted octanol–water partition coefficient (Wildman–Crippen LogP) is 1.70. The number of nitrogens with zero attached hydrogens (tertiary/aromatic N) is 6. The minimum Gasteiger partial charge on any atom is -0.461 e. The van der Waals surface area contributed by atoms with E-state index in [2.05, 4.69) is 35.2 Å². The number of aliphatic hydroxyl groups is 2. The number of carbonyl (C=O) groups is 1. The molecule has 0 aliphatic carbocycles. The van der Waals surface area contributed by atoms with Crippen molar-refractivity contribution in [3.8, 4) is 0 Å². The van der Waals surface area contributed by atoms with Crippen molar-refractivity contribution >= 4 is 23.3 Å². The molecule has 0 aliphatic heterocycles. The first-order chi connectivity index (χ1) is 15.4. The van der Waals surface area contributed by atoms with E-state index in [9.17, 15) is 15.0 Å². The Bertz CT molecular complexity index is 1050. The number of ether oxygens (including phenoxy) is 1. The van der Waals surface area contributed by atoms with E-state index in [0.29, 0.717) is 17.2 Å². The van der Waals surface area contributed by atoms with Gasteiger partial charge in [-0.3, -0.25) is 4.98 Å². The van der Waals surface area contributed by atoms with E-state index in [4.69, 9.17) is 10.5 Å². The number of hydrogen-bond donors (Lipinski definition) is 4. The van der Waals surface area contributed by atoms with E-state index in [-0.39, 0.29) is 23.8 Å². The maximum Gasteiger partial charge on any atom is 0.360 e. The molecule has 3 aromatic rings. The smallest absolute Gasteiger partial charge is 0.360 e. The number of esters is 1. The van der Waals surface area contributed by atoms with E-state index < -0.39 is 17.2 Å². The zero-order chi connectivity index (χ0) is 24.6. The van der Waals surface area contributed by atoms with E-state index in [1.807, 2.05) is 0 Å². The Hall–Kier alpha value is -3.77. The molecular weight excluding hydrogens is 428 g/mol. The van der Waals surface area contributed by atoms with Gasteiger partial charge in [0.05, 0.1) is 54.7 Å². The third kappa shape index (κ3) is 7.70. The van der Waals surface area contributed by atoms with Gasteiger partial charge in [-0.1, -0.05) is 0 Å². The second kappa shape index (κ2) is 10.7. The van der Waals surface area contributed by atoms with Crippen LogP contribution in [0.15, 0.2) is 37.3 Å². The zero-order valence-corrected chi connectivity index (χ0v) is 19.1. The average Bonchev–Trinajstić information content (AvgIpc) is 2.74. The molecule has 33 heavy (non-hydrogen) atoms. The van der Waals surface area contributed by atoms with Crippen LogP contribution in [0.2, 0.25) is 0 Å². The van der Waals surface area contributed by atoms with Crippen LogP contribution >= 0.6 is 0 Å². The summed E-state index contributed by atoms with van der Waals surface area (Å²) in [5.41, 5.74) is 4.49. The van der Waals surface area contributed by atoms with Crippen LogP contribution in [-0.4, -0.2) is 52.7 Å².